The van der Waals surface area contributed by atoms with Gasteiger partial charge in [0.25, 0.3) is 5.91 Å². The van der Waals surface area contributed by atoms with Crippen LogP contribution in [0.1, 0.15) is 41.5 Å². The zero-order chi connectivity index (χ0) is 25.5. The van der Waals surface area contributed by atoms with Crippen molar-refractivity contribution in [3.63, 3.8) is 0 Å². The van der Waals surface area contributed by atoms with Crippen LogP contribution in [0.2, 0.25) is 0 Å². The fourth-order valence-corrected chi connectivity index (χ4v) is 7.20. The minimum atomic E-state index is -4.42. The summed E-state index contributed by atoms with van der Waals surface area (Å²) in [7, 11) is 3.76. The van der Waals surface area contributed by atoms with E-state index in [1.165, 1.54) is 17.7 Å². The molecule has 5 atom stereocenters. The van der Waals surface area contributed by atoms with Gasteiger partial charge >= 0.3 is 6.18 Å². The Kier molecular flexibility index (Phi) is 5.03. The van der Waals surface area contributed by atoms with E-state index in [1.807, 2.05) is 12.1 Å². The van der Waals surface area contributed by atoms with E-state index in [9.17, 15) is 23.1 Å². The molecule has 8 heteroatoms. The molecule has 2 aliphatic heterocycles. The molecule has 1 N–H and O–H groups in total. The van der Waals surface area contributed by atoms with Gasteiger partial charge in [0.1, 0.15) is 11.9 Å². The van der Waals surface area contributed by atoms with Gasteiger partial charge in [0.2, 0.25) is 0 Å². The highest BCUT2D eigenvalue weighted by molar-refractivity contribution is 5.94. The Balaban J connectivity index is 1.31. The van der Waals surface area contributed by atoms with Crippen molar-refractivity contribution in [2.24, 2.45) is 0 Å². The van der Waals surface area contributed by atoms with Crippen molar-refractivity contribution in [2.45, 2.75) is 61.1 Å². The Hall–Kier alpha value is -3.02. The Morgan fingerprint density at radius 1 is 1.19 bits per heavy atom. The van der Waals surface area contributed by atoms with E-state index in [-0.39, 0.29) is 12.1 Å². The number of alkyl halides is 3. The van der Waals surface area contributed by atoms with Gasteiger partial charge in [0.15, 0.2) is 0 Å². The molecule has 2 aromatic carbocycles. The van der Waals surface area contributed by atoms with E-state index >= 15 is 0 Å². The maximum absolute atomic E-state index is 13.1. The minimum Gasteiger partial charge on any atom is -0.487 e. The van der Waals surface area contributed by atoms with Crippen LogP contribution in [0.3, 0.4) is 0 Å². The van der Waals surface area contributed by atoms with Gasteiger partial charge in [0, 0.05) is 30.1 Å². The fourth-order valence-electron chi connectivity index (χ4n) is 7.20. The first kappa shape index (κ1) is 23.4. The first-order valence-corrected chi connectivity index (χ1v) is 12.2. The highest BCUT2D eigenvalue weighted by atomic mass is 19.4. The molecule has 4 aliphatic rings. The number of hydrogen-bond donors (Lipinski definition) is 1. The quantitative estimate of drug-likeness (QED) is 0.616. The van der Waals surface area contributed by atoms with E-state index < -0.39 is 34.8 Å². The van der Waals surface area contributed by atoms with E-state index in [4.69, 9.17) is 4.74 Å². The summed E-state index contributed by atoms with van der Waals surface area (Å²) in [6.45, 7) is 0.832. The van der Waals surface area contributed by atoms with Crippen LogP contribution in [0.25, 0.3) is 0 Å². The van der Waals surface area contributed by atoms with Crippen LogP contribution in [0.4, 0.5) is 13.2 Å². The normalized spacial score (nSPS) is 32.1. The summed E-state index contributed by atoms with van der Waals surface area (Å²) in [6, 6.07) is 10.2. The number of nitrogens with zero attached hydrogens (tertiary/aromatic N) is 2. The number of hydrogen-bond acceptors (Lipinski definition) is 4. The van der Waals surface area contributed by atoms with Crippen LogP contribution < -0.4 is 4.74 Å². The van der Waals surface area contributed by atoms with Gasteiger partial charge in [-0.05, 0) is 75.2 Å². The summed E-state index contributed by atoms with van der Waals surface area (Å²) in [5.41, 5.74) is 0.340. The maximum Gasteiger partial charge on any atom is 0.416 e. The Morgan fingerprint density at radius 3 is 2.67 bits per heavy atom. The molecule has 1 saturated heterocycles. The van der Waals surface area contributed by atoms with Crippen LogP contribution in [0.5, 0.6) is 5.75 Å². The fraction of sp³-hybridized carbons (Fsp3) is 0.464. The summed E-state index contributed by atoms with van der Waals surface area (Å²) in [5.74, 6) is 5.65. The lowest BCUT2D eigenvalue weighted by Gasteiger charge is -2.64. The highest BCUT2D eigenvalue weighted by Crippen LogP contribution is 2.64. The van der Waals surface area contributed by atoms with Gasteiger partial charge in [-0.2, -0.15) is 13.2 Å². The first-order chi connectivity index (χ1) is 17.1. The van der Waals surface area contributed by atoms with Crippen LogP contribution >= 0.6 is 0 Å². The molecule has 188 valence electrons. The molecule has 2 aliphatic carbocycles. The van der Waals surface area contributed by atoms with Gasteiger partial charge in [-0.3, -0.25) is 4.79 Å². The molecule has 0 radical (unpaired) electrons. The molecule has 1 saturated carbocycles. The van der Waals surface area contributed by atoms with Crippen LogP contribution in [-0.4, -0.2) is 65.2 Å². The number of ether oxygens (including phenoxy) is 1. The van der Waals surface area contributed by atoms with Gasteiger partial charge < -0.3 is 19.6 Å². The molecule has 36 heavy (non-hydrogen) atoms. The molecular weight excluding hydrogens is 469 g/mol. The Bertz CT molecular complexity index is 1300. The molecule has 2 bridgehead atoms. The van der Waals surface area contributed by atoms with E-state index in [2.05, 4.69) is 29.9 Å². The number of carbonyl (C=O) groups is 1. The zero-order valence-corrected chi connectivity index (χ0v) is 20.1. The Morgan fingerprint density at radius 2 is 1.94 bits per heavy atom. The molecule has 1 spiro atoms. The number of piperidine rings is 1. The Labute approximate surface area is 207 Å². The molecular formula is C28H27F3N2O3. The summed E-state index contributed by atoms with van der Waals surface area (Å²) >= 11 is 0. The molecule has 0 unspecified atom stereocenters. The minimum absolute atomic E-state index is 0.0142. The molecule has 6 rings (SSSR count). The molecule has 2 fully saturated rings. The van der Waals surface area contributed by atoms with Crippen LogP contribution in [-0.2, 0) is 22.8 Å². The van der Waals surface area contributed by atoms with E-state index in [0.717, 1.165) is 42.8 Å². The monoisotopic (exact) mass is 496 g/mol. The predicted octanol–water partition coefficient (Wildman–Crippen LogP) is 3.37. The van der Waals surface area contributed by atoms with Gasteiger partial charge in [-0.15, -0.1) is 0 Å². The second-order valence-corrected chi connectivity index (χ2v) is 10.5. The van der Waals surface area contributed by atoms with Gasteiger partial charge in [-0.1, -0.05) is 18.1 Å². The van der Waals surface area contributed by atoms with Crippen molar-refractivity contribution in [3.05, 3.63) is 64.7 Å². The van der Waals surface area contributed by atoms with Gasteiger partial charge in [-0.25, -0.2) is 0 Å². The second-order valence-electron chi connectivity index (χ2n) is 10.5. The second kappa shape index (κ2) is 7.74. The third kappa shape index (κ3) is 3.09. The highest BCUT2D eigenvalue weighted by Gasteiger charge is 2.72. The number of likely N-dealkylation sites (N-methyl/N-ethyl adjacent to an activating group) is 2. The van der Waals surface area contributed by atoms with Crippen molar-refractivity contribution in [1.82, 2.24) is 9.80 Å². The summed E-state index contributed by atoms with van der Waals surface area (Å²) in [6.07, 6.45) is -2.20. The number of aliphatic hydroxyl groups is 1. The topological polar surface area (TPSA) is 53.0 Å². The van der Waals surface area contributed by atoms with Crippen molar-refractivity contribution in [2.75, 3.05) is 20.6 Å². The maximum atomic E-state index is 13.1. The standard InChI is InChI=1S/C28H27F3N2O3/c1-32-15-14-26-24-18-4-3-5-21(24)36-25(26)20(12-13-27(26,35)22(32)16-18)33(2)23(34)11-8-17-6-9-19(10-7-17)28(29,30)31/h3-7,9-10,20,22,25,35H,12-16H2,1-2H3/t20-,22-,25+,26+,27-/m1/s1. The van der Waals surface area contributed by atoms with Crippen molar-refractivity contribution >= 4 is 5.91 Å². The number of benzene rings is 2. The first-order valence-electron chi connectivity index (χ1n) is 12.2. The smallest absolute Gasteiger partial charge is 0.416 e. The number of carbonyl (C=O) groups excluding carboxylic acids is 1. The third-order valence-corrected chi connectivity index (χ3v) is 8.94. The van der Waals surface area contributed by atoms with Crippen LogP contribution in [0, 0.1) is 11.8 Å². The molecule has 0 aromatic heterocycles. The number of halogens is 3. The predicted molar refractivity (Wildman–Crippen MR) is 126 cm³/mol. The molecule has 5 nitrogen and oxygen atoms in total. The lowest BCUT2D eigenvalue weighted by atomic mass is 9.48. The van der Waals surface area contributed by atoms with Crippen LogP contribution in [0.15, 0.2) is 42.5 Å². The number of rotatable bonds is 1. The van der Waals surface area contributed by atoms with Crippen molar-refractivity contribution < 1.29 is 27.8 Å². The largest absolute Gasteiger partial charge is 0.487 e. The van der Waals surface area contributed by atoms with E-state index in [0.29, 0.717) is 18.4 Å². The molecule has 1 amide bonds. The van der Waals surface area contributed by atoms with Crippen molar-refractivity contribution in [1.29, 1.82) is 0 Å². The average Bonchev–Trinajstić information content (AvgIpc) is 3.19. The molecule has 2 heterocycles. The lowest BCUT2D eigenvalue weighted by molar-refractivity contribution is -0.195. The summed E-state index contributed by atoms with van der Waals surface area (Å²) < 4.78 is 45.0. The summed E-state index contributed by atoms with van der Waals surface area (Å²) in [4.78, 5) is 17.0. The van der Waals surface area contributed by atoms with Gasteiger partial charge in [0.05, 0.1) is 22.6 Å². The summed E-state index contributed by atoms with van der Waals surface area (Å²) in [5, 5.41) is 12.2. The van der Waals surface area contributed by atoms with E-state index in [1.54, 1.807) is 11.9 Å². The lowest BCUT2D eigenvalue weighted by Crippen LogP contribution is -2.77. The SMILES string of the molecule is CN1CC[C@]23c4c5cccc4O[C@H]2[C@H](N(C)C(=O)C#Cc2ccc(C(F)(F)F)cc2)CC[C@@]3(O)[C@H]1C5. The number of amides is 1. The van der Waals surface area contributed by atoms with Crippen molar-refractivity contribution in [3.8, 4) is 17.6 Å². The zero-order valence-electron chi connectivity index (χ0n) is 20.1. The third-order valence-electron chi connectivity index (χ3n) is 8.94. The molecule has 2 aromatic rings. The number of likely N-dealkylation sites (tertiary alicyclic amines) is 1. The average molecular weight is 497 g/mol.